The fraction of sp³-hybridized carbons (Fsp3) is 0.292. The highest BCUT2D eigenvalue weighted by Gasteiger charge is 2.41. The van der Waals surface area contributed by atoms with Gasteiger partial charge in [-0.1, -0.05) is 60.7 Å². The zero-order chi connectivity index (χ0) is 21.8. The van der Waals surface area contributed by atoms with Crippen LogP contribution in [0.1, 0.15) is 22.6 Å². The fourth-order valence-electron chi connectivity index (χ4n) is 4.07. The van der Waals surface area contributed by atoms with Gasteiger partial charge in [-0.3, -0.25) is 14.8 Å². The Morgan fingerprint density at radius 2 is 1.74 bits per heavy atom. The van der Waals surface area contributed by atoms with Crippen molar-refractivity contribution >= 4 is 17.8 Å². The molecule has 2 atom stereocenters. The van der Waals surface area contributed by atoms with Gasteiger partial charge in [-0.25, -0.2) is 4.79 Å². The van der Waals surface area contributed by atoms with Gasteiger partial charge in [0.15, 0.2) is 5.82 Å². The van der Waals surface area contributed by atoms with Gasteiger partial charge in [-0.15, -0.1) is 0 Å². The molecule has 1 aliphatic rings. The van der Waals surface area contributed by atoms with Gasteiger partial charge in [0.25, 0.3) is 0 Å². The third kappa shape index (κ3) is 4.60. The second kappa shape index (κ2) is 9.04. The van der Waals surface area contributed by atoms with E-state index in [2.05, 4.69) is 10.4 Å². The lowest BCUT2D eigenvalue weighted by molar-refractivity contribution is -0.145. The number of carbonyl (C=O) groups is 2. The second-order valence-electron chi connectivity index (χ2n) is 7.83. The fourth-order valence-corrected chi connectivity index (χ4v) is 4.07. The van der Waals surface area contributed by atoms with Gasteiger partial charge in [0, 0.05) is 30.8 Å². The Hall–Kier alpha value is -3.61. The number of urea groups is 1. The summed E-state index contributed by atoms with van der Waals surface area (Å²) in [6.07, 6.45) is 1.91. The van der Waals surface area contributed by atoms with Crippen LogP contribution in [0.3, 0.4) is 0 Å². The monoisotopic (exact) mass is 418 g/mol. The van der Waals surface area contributed by atoms with E-state index in [1.165, 1.54) is 7.11 Å². The molecule has 7 heteroatoms. The maximum atomic E-state index is 13.0. The van der Waals surface area contributed by atoms with E-state index in [0.717, 1.165) is 16.7 Å². The van der Waals surface area contributed by atoms with Crippen LogP contribution in [0.15, 0.2) is 66.9 Å². The smallest absolute Gasteiger partial charge is 0.323 e. The van der Waals surface area contributed by atoms with E-state index in [-0.39, 0.29) is 17.9 Å². The average molecular weight is 418 g/mol. The zero-order valence-corrected chi connectivity index (χ0v) is 17.7. The molecule has 1 saturated heterocycles. The van der Waals surface area contributed by atoms with Gasteiger partial charge < -0.3 is 9.64 Å². The molecule has 0 radical (unpaired) electrons. The lowest BCUT2D eigenvalue weighted by atomic mass is 9.89. The molecule has 2 heterocycles. The number of hydrogen-bond acceptors (Lipinski definition) is 4. The Kier molecular flexibility index (Phi) is 6.02. The number of carbonyl (C=O) groups excluding carboxylic acids is 2. The number of nitrogens with one attached hydrogen (secondary N) is 1. The molecule has 4 rings (SSSR count). The molecular formula is C24H26N4O3. The van der Waals surface area contributed by atoms with Crippen LogP contribution in [0.25, 0.3) is 0 Å². The van der Waals surface area contributed by atoms with Crippen LogP contribution >= 0.6 is 0 Å². The summed E-state index contributed by atoms with van der Waals surface area (Å²) >= 11 is 0. The molecule has 1 N–H and O–H groups in total. The van der Waals surface area contributed by atoms with Crippen molar-refractivity contribution in [2.75, 3.05) is 25.5 Å². The highest BCUT2D eigenvalue weighted by molar-refractivity contribution is 5.90. The lowest BCUT2D eigenvalue weighted by Crippen LogP contribution is -2.34. The minimum atomic E-state index is -0.394. The quantitative estimate of drug-likeness (QED) is 0.642. The van der Waals surface area contributed by atoms with Crippen LogP contribution in [-0.4, -0.2) is 46.9 Å². The van der Waals surface area contributed by atoms with E-state index in [4.69, 9.17) is 4.74 Å². The molecule has 3 aromatic rings. The Balaban J connectivity index is 1.47. The highest BCUT2D eigenvalue weighted by Crippen LogP contribution is 2.33. The molecule has 2 amide bonds. The summed E-state index contributed by atoms with van der Waals surface area (Å²) in [5.41, 5.74) is 3.04. The third-order valence-electron chi connectivity index (χ3n) is 5.70. The van der Waals surface area contributed by atoms with E-state index in [1.54, 1.807) is 4.90 Å². The van der Waals surface area contributed by atoms with Crippen LogP contribution in [0.4, 0.5) is 10.6 Å². The van der Waals surface area contributed by atoms with Crippen molar-refractivity contribution in [2.24, 2.45) is 5.92 Å². The van der Waals surface area contributed by atoms with E-state index in [0.29, 0.717) is 25.5 Å². The number of benzene rings is 2. The molecule has 160 valence electrons. The summed E-state index contributed by atoms with van der Waals surface area (Å²) in [6.45, 7) is 3.29. The maximum absolute atomic E-state index is 13.0. The van der Waals surface area contributed by atoms with Crippen molar-refractivity contribution in [3.05, 3.63) is 83.6 Å². The number of rotatable bonds is 5. The van der Waals surface area contributed by atoms with Crippen LogP contribution in [0.5, 0.6) is 0 Å². The maximum Gasteiger partial charge on any atom is 0.323 e. The van der Waals surface area contributed by atoms with E-state index < -0.39 is 5.92 Å². The second-order valence-corrected chi connectivity index (χ2v) is 7.83. The normalized spacial score (nSPS) is 18.1. The van der Waals surface area contributed by atoms with E-state index >= 15 is 0 Å². The van der Waals surface area contributed by atoms with Crippen molar-refractivity contribution in [1.29, 1.82) is 0 Å². The summed E-state index contributed by atoms with van der Waals surface area (Å²) in [7, 11) is 1.38. The number of likely N-dealkylation sites (tertiary alicyclic amines) is 1. The van der Waals surface area contributed by atoms with Crippen LogP contribution in [0, 0.1) is 12.8 Å². The summed E-state index contributed by atoms with van der Waals surface area (Å²) in [5.74, 6) is -0.266. The molecule has 31 heavy (non-hydrogen) atoms. The molecule has 1 aliphatic heterocycles. The molecule has 7 nitrogen and oxygen atoms in total. The number of amides is 2. The number of aromatic nitrogens is 2. The summed E-state index contributed by atoms with van der Waals surface area (Å²) in [4.78, 5) is 27.0. The summed E-state index contributed by atoms with van der Waals surface area (Å²) in [5, 5.41) is 7.44. The number of anilines is 1. The van der Waals surface area contributed by atoms with Crippen LogP contribution in [-0.2, 0) is 16.1 Å². The van der Waals surface area contributed by atoms with Crippen molar-refractivity contribution in [3.8, 4) is 0 Å². The number of ether oxygens (including phenoxy) is 1. The first-order chi connectivity index (χ1) is 15.0. The first-order valence-electron chi connectivity index (χ1n) is 10.3. The number of aryl methyl sites for hydroxylation is 1. The molecule has 0 unspecified atom stereocenters. The predicted octanol–water partition coefficient (Wildman–Crippen LogP) is 3.66. The molecule has 1 aromatic heterocycles. The molecule has 0 saturated carbocycles. The molecule has 0 aliphatic carbocycles. The Morgan fingerprint density at radius 3 is 2.42 bits per heavy atom. The van der Waals surface area contributed by atoms with Gasteiger partial charge in [0.2, 0.25) is 0 Å². The van der Waals surface area contributed by atoms with Crippen LogP contribution < -0.4 is 5.32 Å². The van der Waals surface area contributed by atoms with Gasteiger partial charge in [-0.2, -0.15) is 5.10 Å². The summed E-state index contributed by atoms with van der Waals surface area (Å²) < 4.78 is 6.81. The number of nitrogens with zero attached hydrogens (tertiary/aromatic N) is 3. The SMILES string of the molecule is COC(=O)[C@@H]1CN(C(=O)Nc2nn(Cc3ccccc3)cc2C)C[C@@H]1c1ccccc1. The first kappa shape index (κ1) is 20.7. The van der Waals surface area contributed by atoms with Crippen molar-refractivity contribution in [2.45, 2.75) is 19.4 Å². The molecule has 2 aromatic carbocycles. The Bertz CT molecular complexity index is 1050. The largest absolute Gasteiger partial charge is 0.469 e. The van der Waals surface area contributed by atoms with Crippen molar-refractivity contribution in [3.63, 3.8) is 0 Å². The van der Waals surface area contributed by atoms with E-state index in [1.807, 2.05) is 78.5 Å². The number of esters is 1. The minimum absolute atomic E-state index is 0.101. The molecule has 1 fully saturated rings. The predicted molar refractivity (Wildman–Crippen MR) is 118 cm³/mol. The Labute approximate surface area is 181 Å². The van der Waals surface area contributed by atoms with Crippen molar-refractivity contribution in [1.82, 2.24) is 14.7 Å². The third-order valence-corrected chi connectivity index (χ3v) is 5.70. The van der Waals surface area contributed by atoms with Crippen LogP contribution in [0.2, 0.25) is 0 Å². The highest BCUT2D eigenvalue weighted by atomic mass is 16.5. The van der Waals surface area contributed by atoms with Gasteiger partial charge in [0.05, 0.1) is 19.6 Å². The number of hydrogen-bond donors (Lipinski definition) is 1. The van der Waals surface area contributed by atoms with Gasteiger partial charge in [0.1, 0.15) is 0 Å². The Morgan fingerprint density at radius 1 is 1.06 bits per heavy atom. The van der Waals surface area contributed by atoms with Gasteiger partial charge in [-0.05, 0) is 18.1 Å². The van der Waals surface area contributed by atoms with Crippen molar-refractivity contribution < 1.29 is 14.3 Å². The molecule has 0 bridgehead atoms. The summed E-state index contributed by atoms with van der Waals surface area (Å²) in [6, 6.07) is 19.5. The zero-order valence-electron chi connectivity index (χ0n) is 17.7. The van der Waals surface area contributed by atoms with E-state index in [9.17, 15) is 9.59 Å². The topological polar surface area (TPSA) is 76.5 Å². The minimum Gasteiger partial charge on any atom is -0.469 e. The molecule has 0 spiro atoms. The number of methoxy groups -OCH3 is 1. The first-order valence-corrected chi connectivity index (χ1v) is 10.3. The average Bonchev–Trinajstić information content (AvgIpc) is 3.38. The van der Waals surface area contributed by atoms with Gasteiger partial charge >= 0.3 is 12.0 Å². The standard InChI is InChI=1S/C24H26N4O3/c1-17-13-28(14-18-9-5-3-6-10-18)26-22(17)25-24(30)27-15-20(19-11-7-4-8-12-19)21(16-27)23(29)31-2/h3-13,20-21H,14-16H2,1-2H3,(H,25,26,30)/t20-,21-/m1/s1. The lowest BCUT2D eigenvalue weighted by Gasteiger charge is -2.17. The molecular weight excluding hydrogens is 392 g/mol.